The quantitative estimate of drug-likeness (QED) is 0.179. The topological polar surface area (TPSA) is 223 Å². The zero-order chi connectivity index (χ0) is 26.7. The summed E-state index contributed by atoms with van der Waals surface area (Å²) in [5, 5.41) is 42.0. The van der Waals surface area contributed by atoms with Gasteiger partial charge >= 0.3 is 8.56 Å². The lowest BCUT2D eigenvalue weighted by molar-refractivity contribution is 0.328. The van der Waals surface area contributed by atoms with Crippen molar-refractivity contribution in [1.82, 2.24) is 0 Å². The Balaban J connectivity index is -0.0000000360. The zero-order valence-corrected chi connectivity index (χ0v) is 23.1. The molecule has 12 N–H and O–H groups in total. The van der Waals surface area contributed by atoms with Crippen molar-refractivity contribution in [2.24, 2.45) is 11.5 Å². The highest BCUT2D eigenvalue weighted by Crippen LogP contribution is 2.12. The molecule has 0 radical (unpaired) electrons. The van der Waals surface area contributed by atoms with E-state index in [1.807, 2.05) is 0 Å². The van der Waals surface area contributed by atoms with Gasteiger partial charge in [-0.25, -0.2) is 0 Å². The number of hydrogen-bond acceptors (Lipinski definition) is 11. The van der Waals surface area contributed by atoms with Crippen molar-refractivity contribution in [3.05, 3.63) is 0 Å². The molecule has 11 nitrogen and oxygen atoms in total. The monoisotopic (exact) mass is 488 g/mol. The van der Waals surface area contributed by atoms with Gasteiger partial charge in [0, 0.05) is 49.3 Å². The smallest absolute Gasteiger partial charge is 0.329 e. The Morgan fingerprint density at radius 3 is 1.03 bits per heavy atom. The molecule has 0 bridgehead atoms. The average Bonchev–Trinajstić information content (AvgIpc) is 2.79. The highest BCUT2D eigenvalue weighted by Gasteiger charge is 2.20. The molecule has 0 unspecified atom stereocenters. The summed E-state index contributed by atoms with van der Waals surface area (Å²) in [5.41, 5.74) is 10.5. The van der Waals surface area contributed by atoms with E-state index in [1.165, 1.54) is 12.6 Å². The number of aliphatic hydroxyl groups excluding tert-OH is 6. The maximum atomic E-state index is 8.79. The number of nitrogens with two attached hydrogens (primary N) is 2. The standard InChI is InChI=1S/C7H19NOSi.C4H13NO2Si.6CH4O/c1-4-9-10(2,3)7-5-6-8;1-8(6,7)4-2-3-5;6*1-2/h4-8H2,1-3H3;6-7H,2-5H2,1H3;6*2H,1H3. The van der Waals surface area contributed by atoms with E-state index in [-0.39, 0.29) is 0 Å². The lowest BCUT2D eigenvalue weighted by Gasteiger charge is -2.21. The maximum Gasteiger partial charge on any atom is 0.329 e. The van der Waals surface area contributed by atoms with Crippen molar-refractivity contribution in [3.63, 3.8) is 0 Å². The Hall–Kier alpha value is -0.00623. The summed E-state index contributed by atoms with van der Waals surface area (Å²) in [4.78, 5) is 17.6. The van der Waals surface area contributed by atoms with Crippen LogP contribution in [0.15, 0.2) is 0 Å². The third kappa shape index (κ3) is 104. The van der Waals surface area contributed by atoms with E-state index in [0.717, 1.165) is 68.7 Å². The van der Waals surface area contributed by atoms with Gasteiger partial charge in [0.2, 0.25) is 0 Å². The Morgan fingerprint density at radius 2 is 0.867 bits per heavy atom. The first kappa shape index (κ1) is 52.1. The van der Waals surface area contributed by atoms with Crippen LogP contribution in [0, 0.1) is 0 Å². The van der Waals surface area contributed by atoms with Crippen molar-refractivity contribution in [2.45, 2.75) is 51.5 Å². The molecule has 0 saturated carbocycles. The Kier molecular flexibility index (Phi) is 98.8. The molecule has 0 atom stereocenters. The normalized spacial score (nSPS) is 8.40. The summed E-state index contributed by atoms with van der Waals surface area (Å²) >= 11 is 0. The molecule has 0 aromatic heterocycles. The van der Waals surface area contributed by atoms with Crippen molar-refractivity contribution in [1.29, 1.82) is 0 Å². The molecule has 0 aliphatic rings. The average molecular weight is 489 g/mol. The number of aliphatic hydroxyl groups is 6. The summed E-state index contributed by atoms with van der Waals surface area (Å²) in [6, 6.07) is 1.68. The number of hydrogen-bond donors (Lipinski definition) is 10. The molecule has 0 fully saturated rings. The van der Waals surface area contributed by atoms with Gasteiger partial charge in [-0.1, -0.05) is 0 Å². The van der Waals surface area contributed by atoms with Crippen LogP contribution >= 0.6 is 0 Å². The highest BCUT2D eigenvalue weighted by molar-refractivity contribution is 6.71. The van der Waals surface area contributed by atoms with Crippen LogP contribution in [0.1, 0.15) is 19.8 Å². The molecule has 0 rings (SSSR count). The lowest BCUT2D eigenvalue weighted by atomic mass is 10.5. The molecular weight excluding hydrogens is 432 g/mol. The van der Waals surface area contributed by atoms with E-state index in [0.29, 0.717) is 12.6 Å². The largest absolute Gasteiger partial charge is 0.418 e. The van der Waals surface area contributed by atoms with Gasteiger partial charge in [0.25, 0.3) is 0 Å². The summed E-state index contributed by atoms with van der Waals surface area (Å²) in [6.45, 7) is 10.2. The van der Waals surface area contributed by atoms with Gasteiger partial charge < -0.3 is 56.1 Å². The Morgan fingerprint density at radius 1 is 0.600 bits per heavy atom. The molecule has 0 spiro atoms. The maximum absolute atomic E-state index is 8.79. The Bertz CT molecular complexity index is 205. The molecular formula is C17H56N2O9Si2. The van der Waals surface area contributed by atoms with E-state index >= 15 is 0 Å². The van der Waals surface area contributed by atoms with Crippen LogP contribution in [0.5, 0.6) is 0 Å². The molecule has 196 valence electrons. The summed E-state index contributed by atoms with van der Waals surface area (Å²) in [5.74, 6) is 0. The molecule has 30 heavy (non-hydrogen) atoms. The second-order valence-electron chi connectivity index (χ2n) is 5.19. The van der Waals surface area contributed by atoms with Crippen LogP contribution in [0.2, 0.25) is 31.7 Å². The molecule has 0 aliphatic heterocycles. The molecule has 13 heteroatoms. The lowest BCUT2D eigenvalue weighted by Crippen LogP contribution is -2.30. The fraction of sp³-hybridized carbons (Fsp3) is 1.00. The van der Waals surface area contributed by atoms with Gasteiger partial charge in [-0.3, -0.25) is 0 Å². The van der Waals surface area contributed by atoms with E-state index in [4.69, 9.17) is 56.1 Å². The van der Waals surface area contributed by atoms with E-state index in [2.05, 4.69) is 20.0 Å². The van der Waals surface area contributed by atoms with Gasteiger partial charge in [0.05, 0.1) is 0 Å². The molecule has 0 aromatic carbocycles. The van der Waals surface area contributed by atoms with Crippen LogP contribution < -0.4 is 11.5 Å². The molecule has 0 aliphatic carbocycles. The van der Waals surface area contributed by atoms with Crippen LogP contribution in [0.25, 0.3) is 0 Å². The van der Waals surface area contributed by atoms with E-state index in [1.54, 1.807) is 0 Å². The predicted octanol–water partition coefficient (Wildman–Crippen LogP) is -1.38. The first-order valence-electron chi connectivity index (χ1n) is 9.35. The highest BCUT2D eigenvalue weighted by atomic mass is 28.4. The van der Waals surface area contributed by atoms with Gasteiger partial charge in [-0.15, -0.1) is 0 Å². The van der Waals surface area contributed by atoms with Crippen molar-refractivity contribution in [3.8, 4) is 0 Å². The SMILES string of the molecule is CCO[Si](C)(C)CCCN.CO.CO.CO.CO.CO.CO.C[Si](O)(O)CCCN. The van der Waals surface area contributed by atoms with Crippen molar-refractivity contribution < 1.29 is 44.7 Å². The summed E-state index contributed by atoms with van der Waals surface area (Å²) in [7, 11) is 1.94. The fourth-order valence-electron chi connectivity index (χ4n) is 1.43. The summed E-state index contributed by atoms with van der Waals surface area (Å²) < 4.78 is 5.61. The van der Waals surface area contributed by atoms with Crippen LogP contribution in [0.4, 0.5) is 0 Å². The second-order valence-corrected chi connectivity index (χ2v) is 12.4. The van der Waals surface area contributed by atoms with Gasteiger partial charge in [-0.05, 0) is 64.6 Å². The van der Waals surface area contributed by atoms with Gasteiger partial charge in [0.15, 0.2) is 8.32 Å². The Labute approximate surface area is 187 Å². The third-order valence-corrected chi connectivity index (χ3v) is 6.30. The molecule has 0 aromatic rings. The van der Waals surface area contributed by atoms with Gasteiger partial charge in [-0.2, -0.15) is 0 Å². The second kappa shape index (κ2) is 56.8. The minimum Gasteiger partial charge on any atom is -0.418 e. The minimum absolute atomic E-state index is 0.490. The van der Waals surface area contributed by atoms with Crippen LogP contribution in [-0.4, -0.2) is 119 Å². The van der Waals surface area contributed by atoms with Gasteiger partial charge in [0.1, 0.15) is 0 Å². The third-order valence-electron chi connectivity index (χ3n) is 2.37. The first-order valence-corrected chi connectivity index (χ1v) is 15.1. The fourth-order valence-corrected chi connectivity index (χ4v) is 4.28. The van der Waals surface area contributed by atoms with E-state index < -0.39 is 16.9 Å². The van der Waals surface area contributed by atoms with Crippen LogP contribution in [0.3, 0.4) is 0 Å². The molecule has 0 heterocycles. The predicted molar refractivity (Wildman–Crippen MR) is 131 cm³/mol. The molecule has 0 saturated heterocycles. The van der Waals surface area contributed by atoms with E-state index in [9.17, 15) is 0 Å². The first-order chi connectivity index (χ1) is 14.2. The number of rotatable bonds is 8. The van der Waals surface area contributed by atoms with Crippen molar-refractivity contribution in [2.75, 3.05) is 62.4 Å². The zero-order valence-electron chi connectivity index (χ0n) is 21.1. The van der Waals surface area contributed by atoms with Crippen molar-refractivity contribution >= 4 is 16.9 Å². The summed E-state index contributed by atoms with van der Waals surface area (Å²) in [6.07, 6.45) is 1.83. The minimum atomic E-state index is -2.76. The molecule has 0 amide bonds. The van der Waals surface area contributed by atoms with Crippen LogP contribution in [-0.2, 0) is 4.43 Å².